The highest BCUT2D eigenvalue weighted by Crippen LogP contribution is 2.49. The molecular formula is C27H28BrFN4O4S. The minimum Gasteiger partial charge on any atom is -0.490 e. The number of carboxylic acids is 1. The zero-order chi connectivity index (χ0) is 27.5. The molecule has 1 N–H and O–H groups in total. The fourth-order valence-electron chi connectivity index (χ4n) is 5.06. The van der Waals surface area contributed by atoms with Crippen LogP contribution in [-0.2, 0) is 24.7 Å². The van der Waals surface area contributed by atoms with Gasteiger partial charge in [-0.1, -0.05) is 11.3 Å². The van der Waals surface area contributed by atoms with E-state index in [2.05, 4.69) is 26.1 Å². The van der Waals surface area contributed by atoms with Crippen molar-refractivity contribution >= 4 is 44.3 Å². The molecule has 0 saturated carbocycles. The zero-order valence-electron chi connectivity index (χ0n) is 22.0. The number of aryl methyl sites for hydroxylation is 2. The number of carbonyl (C=O) groups is 1. The van der Waals surface area contributed by atoms with Gasteiger partial charge in [0.2, 0.25) is 5.82 Å². The van der Waals surface area contributed by atoms with Crippen molar-refractivity contribution in [2.45, 2.75) is 59.5 Å². The monoisotopic (exact) mass is 602 g/mol. The molecule has 0 amide bonds. The summed E-state index contributed by atoms with van der Waals surface area (Å²) in [5.74, 6) is -1.30. The lowest BCUT2D eigenvalue weighted by molar-refractivity contribution is -0.136. The molecule has 0 fully saturated rings. The number of pyridine rings is 1. The predicted octanol–water partition coefficient (Wildman–Crippen LogP) is 6.41. The third kappa shape index (κ3) is 4.55. The minimum atomic E-state index is -1.00. The SMILES string of the molecule is Cc1nc2c(cc(-c3nnc(Br)s3)n2C)c(-c2c(C)c3c(c(F)c2OC(C)(C)C)OCCC3)c1CC(=O)O. The lowest BCUT2D eigenvalue weighted by Gasteiger charge is -2.30. The van der Waals surface area contributed by atoms with Crippen LogP contribution in [0.15, 0.2) is 9.98 Å². The molecule has 8 nitrogen and oxygen atoms in total. The number of hydrogen-bond donors (Lipinski definition) is 1. The molecule has 0 saturated heterocycles. The first-order chi connectivity index (χ1) is 17.9. The number of nitrogens with zero attached hydrogens (tertiary/aromatic N) is 4. The van der Waals surface area contributed by atoms with Crippen LogP contribution in [0, 0.1) is 19.7 Å². The molecule has 5 rings (SSSR count). The Kier molecular flexibility index (Phi) is 6.71. The standard InChI is InChI=1S/C27H28BrFN4O4S/c1-12-14-8-7-9-36-22(14)21(29)23(37-27(3,4)5)19(12)20-15(11-18(34)35)13(2)30-24-16(20)10-17(33(24)6)25-31-32-26(28)38-25/h10H,7-9,11H2,1-6H3,(H,34,35). The number of benzene rings is 1. The van der Waals surface area contributed by atoms with Gasteiger partial charge in [-0.25, -0.2) is 4.98 Å². The molecule has 0 bridgehead atoms. The summed E-state index contributed by atoms with van der Waals surface area (Å²) in [7, 11) is 1.88. The lowest BCUT2D eigenvalue weighted by atomic mass is 9.86. The van der Waals surface area contributed by atoms with E-state index < -0.39 is 17.4 Å². The second-order valence-corrected chi connectivity index (χ2v) is 12.7. The van der Waals surface area contributed by atoms with Crippen LogP contribution in [0.25, 0.3) is 32.9 Å². The first-order valence-electron chi connectivity index (χ1n) is 12.2. The Morgan fingerprint density at radius 3 is 2.66 bits per heavy atom. The highest BCUT2D eigenvalue weighted by atomic mass is 79.9. The Bertz CT molecular complexity index is 1610. The largest absolute Gasteiger partial charge is 0.490 e. The van der Waals surface area contributed by atoms with E-state index in [9.17, 15) is 9.90 Å². The first-order valence-corrected chi connectivity index (χ1v) is 13.9. The predicted molar refractivity (Wildman–Crippen MR) is 148 cm³/mol. The summed E-state index contributed by atoms with van der Waals surface area (Å²) in [5, 5.41) is 19.6. The summed E-state index contributed by atoms with van der Waals surface area (Å²) >= 11 is 4.75. The van der Waals surface area contributed by atoms with E-state index in [1.54, 1.807) is 6.92 Å². The van der Waals surface area contributed by atoms with E-state index in [4.69, 9.17) is 14.5 Å². The van der Waals surface area contributed by atoms with Gasteiger partial charge in [0.1, 0.15) is 11.2 Å². The average molecular weight is 604 g/mol. The van der Waals surface area contributed by atoms with E-state index in [1.165, 1.54) is 11.3 Å². The zero-order valence-corrected chi connectivity index (χ0v) is 24.4. The number of carboxylic acid groups (broad SMARTS) is 1. The molecule has 0 radical (unpaired) electrons. The van der Waals surface area contributed by atoms with Gasteiger partial charge in [0.25, 0.3) is 0 Å². The maximum atomic E-state index is 16.2. The van der Waals surface area contributed by atoms with Crippen molar-refractivity contribution in [2.75, 3.05) is 6.61 Å². The fraction of sp³-hybridized carbons (Fsp3) is 0.407. The van der Waals surface area contributed by atoms with Crippen molar-refractivity contribution in [1.82, 2.24) is 19.7 Å². The number of hydrogen-bond acceptors (Lipinski definition) is 7. The van der Waals surface area contributed by atoms with E-state index in [0.717, 1.165) is 23.2 Å². The van der Waals surface area contributed by atoms with Gasteiger partial charge in [-0.05, 0) is 80.6 Å². The van der Waals surface area contributed by atoms with E-state index in [0.29, 0.717) is 55.4 Å². The van der Waals surface area contributed by atoms with Crippen LogP contribution in [0.4, 0.5) is 4.39 Å². The van der Waals surface area contributed by atoms with Crippen LogP contribution in [0.5, 0.6) is 11.5 Å². The summed E-state index contributed by atoms with van der Waals surface area (Å²) in [6.45, 7) is 9.70. The lowest BCUT2D eigenvalue weighted by Crippen LogP contribution is -2.25. The molecule has 1 aromatic carbocycles. The second kappa shape index (κ2) is 9.60. The van der Waals surface area contributed by atoms with Gasteiger partial charge in [0.05, 0.1) is 18.7 Å². The van der Waals surface area contributed by atoms with Crippen molar-refractivity contribution in [1.29, 1.82) is 0 Å². The summed E-state index contributed by atoms with van der Waals surface area (Å²) in [4.78, 5) is 16.9. The molecule has 4 aromatic rings. The molecule has 0 aliphatic carbocycles. The summed E-state index contributed by atoms with van der Waals surface area (Å²) in [6.07, 6.45) is 1.14. The van der Waals surface area contributed by atoms with Gasteiger partial charge in [-0.15, -0.1) is 10.2 Å². The van der Waals surface area contributed by atoms with Gasteiger partial charge in [-0.2, -0.15) is 4.39 Å². The number of aromatic nitrogens is 4. The Morgan fingerprint density at radius 2 is 2.03 bits per heavy atom. The van der Waals surface area contributed by atoms with Crippen LogP contribution in [0.1, 0.15) is 49.6 Å². The van der Waals surface area contributed by atoms with Gasteiger partial charge >= 0.3 is 5.97 Å². The Balaban J connectivity index is 1.94. The summed E-state index contributed by atoms with van der Waals surface area (Å²) in [5.41, 5.74) is 4.45. The number of aliphatic carboxylic acids is 1. The molecule has 11 heteroatoms. The van der Waals surface area contributed by atoms with Gasteiger partial charge in [-0.3, -0.25) is 4.79 Å². The molecule has 38 heavy (non-hydrogen) atoms. The van der Waals surface area contributed by atoms with Crippen LogP contribution in [0.3, 0.4) is 0 Å². The minimum absolute atomic E-state index is 0.0539. The Hall–Kier alpha value is -3.05. The van der Waals surface area contributed by atoms with Gasteiger partial charge in [0.15, 0.2) is 20.4 Å². The number of halogens is 2. The van der Waals surface area contributed by atoms with Crippen molar-refractivity contribution in [3.05, 3.63) is 38.2 Å². The van der Waals surface area contributed by atoms with Crippen molar-refractivity contribution in [3.63, 3.8) is 0 Å². The van der Waals surface area contributed by atoms with Gasteiger partial charge < -0.3 is 19.1 Å². The molecule has 3 aromatic heterocycles. The highest BCUT2D eigenvalue weighted by molar-refractivity contribution is 9.11. The Morgan fingerprint density at radius 1 is 1.29 bits per heavy atom. The van der Waals surface area contributed by atoms with Crippen LogP contribution < -0.4 is 9.47 Å². The highest BCUT2D eigenvalue weighted by Gasteiger charge is 2.33. The van der Waals surface area contributed by atoms with Crippen molar-refractivity contribution in [3.8, 4) is 33.3 Å². The quantitative estimate of drug-likeness (QED) is 0.282. The van der Waals surface area contributed by atoms with E-state index in [-0.39, 0.29) is 17.9 Å². The van der Waals surface area contributed by atoms with Crippen molar-refractivity contribution in [2.24, 2.45) is 7.05 Å². The molecule has 200 valence electrons. The van der Waals surface area contributed by atoms with Crippen molar-refractivity contribution < 1.29 is 23.8 Å². The smallest absolute Gasteiger partial charge is 0.307 e. The molecular weight excluding hydrogens is 575 g/mol. The van der Waals surface area contributed by atoms with Crippen LogP contribution >= 0.6 is 27.3 Å². The first kappa shape index (κ1) is 26.6. The number of ether oxygens (including phenoxy) is 2. The topological polar surface area (TPSA) is 99.4 Å². The molecule has 0 spiro atoms. The van der Waals surface area contributed by atoms with E-state index >= 15 is 4.39 Å². The molecule has 4 heterocycles. The summed E-state index contributed by atoms with van der Waals surface area (Å²) in [6, 6.07) is 1.92. The molecule has 0 atom stereocenters. The third-order valence-corrected chi connectivity index (χ3v) is 8.01. The Labute approximate surface area is 232 Å². The van der Waals surface area contributed by atoms with E-state index in [1.807, 2.05) is 45.4 Å². The van der Waals surface area contributed by atoms with Crippen LogP contribution in [-0.4, -0.2) is 43.0 Å². The maximum Gasteiger partial charge on any atom is 0.307 e. The number of rotatable bonds is 5. The molecule has 0 unspecified atom stereocenters. The fourth-order valence-corrected chi connectivity index (χ4v) is 6.23. The second-order valence-electron chi connectivity index (χ2n) is 10.4. The number of fused-ring (bicyclic) bond motifs is 2. The molecule has 1 aliphatic heterocycles. The van der Waals surface area contributed by atoms with Crippen LogP contribution in [0.2, 0.25) is 0 Å². The third-order valence-electron chi connectivity index (χ3n) is 6.63. The summed E-state index contributed by atoms with van der Waals surface area (Å²) < 4.78 is 30.9. The molecule has 1 aliphatic rings. The maximum absolute atomic E-state index is 16.2. The average Bonchev–Trinajstić information content (AvgIpc) is 3.41. The van der Waals surface area contributed by atoms with Gasteiger partial charge in [0, 0.05) is 34.8 Å². The normalized spacial score (nSPS) is 13.5.